The lowest BCUT2D eigenvalue weighted by atomic mass is 9.43. The van der Waals surface area contributed by atoms with E-state index in [1.165, 1.54) is 6.42 Å². The van der Waals surface area contributed by atoms with Crippen LogP contribution in [0.4, 0.5) is 0 Å². The van der Waals surface area contributed by atoms with Crippen LogP contribution in [0.25, 0.3) is 0 Å². The van der Waals surface area contributed by atoms with Gasteiger partial charge in [-0.15, -0.1) is 0 Å². The molecule has 8 nitrogen and oxygen atoms in total. The Bertz CT molecular complexity index is 1360. The number of halogens is 1. The van der Waals surface area contributed by atoms with Crippen LogP contribution in [-0.4, -0.2) is 53.6 Å². The van der Waals surface area contributed by atoms with E-state index >= 15 is 0 Å². The molecule has 3 aliphatic carbocycles. The minimum Gasteiger partial charge on any atom is -0.404 e. The molecule has 10 heteroatoms. The molecule has 6 atom stereocenters. The maximum absolute atomic E-state index is 14.3. The fourth-order valence-electron chi connectivity index (χ4n) is 7.77. The zero-order valence-electron chi connectivity index (χ0n) is 25.8. The van der Waals surface area contributed by atoms with E-state index in [1.54, 1.807) is 0 Å². The maximum Gasteiger partial charge on any atom is 0.481 e. The van der Waals surface area contributed by atoms with Crippen molar-refractivity contribution < 1.29 is 23.7 Å². The molecule has 1 saturated heterocycles. The number of hydrogen-bond donors (Lipinski definition) is 1. The molecule has 1 N–H and O–H groups in total. The van der Waals surface area contributed by atoms with Crippen LogP contribution in [0.5, 0.6) is 0 Å². The fraction of sp³-hybridized carbons (Fsp3) is 0.606. The summed E-state index contributed by atoms with van der Waals surface area (Å²) < 4.78 is 20.1. The number of pyridine rings is 1. The van der Waals surface area contributed by atoms with Gasteiger partial charge in [-0.25, -0.2) is 4.98 Å². The first-order valence-corrected chi connectivity index (χ1v) is 16.4. The molecular weight excluding hydrogens is 609 g/mol. The quantitative estimate of drug-likeness (QED) is 0.240. The highest BCUT2D eigenvalue weighted by atomic mass is 79.9. The predicted octanol–water partition coefficient (Wildman–Crippen LogP) is 5.92. The van der Waals surface area contributed by atoms with Gasteiger partial charge in [0, 0.05) is 12.8 Å². The van der Waals surface area contributed by atoms with Crippen LogP contribution in [0, 0.1) is 23.2 Å². The van der Waals surface area contributed by atoms with E-state index in [0.29, 0.717) is 42.9 Å². The van der Waals surface area contributed by atoms with Crippen LogP contribution < -0.4 is 5.32 Å². The summed E-state index contributed by atoms with van der Waals surface area (Å²) in [6.45, 7) is 11.8. The summed E-state index contributed by atoms with van der Waals surface area (Å²) in [7, 11) is -0.506. The number of nitrogens with zero attached hydrogens (tertiary/aromatic N) is 2. The molecule has 2 aromatic rings. The molecule has 1 unspecified atom stereocenters. The van der Waals surface area contributed by atoms with Crippen molar-refractivity contribution in [2.75, 3.05) is 6.61 Å². The van der Waals surface area contributed by atoms with Crippen molar-refractivity contribution in [1.29, 1.82) is 0 Å². The van der Waals surface area contributed by atoms with Crippen molar-refractivity contribution in [3.05, 3.63) is 64.4 Å². The first-order chi connectivity index (χ1) is 20.5. The number of hydrogen-bond acceptors (Lipinski definition) is 7. The summed E-state index contributed by atoms with van der Waals surface area (Å²) in [5.74, 6) is 0.934. The zero-order chi connectivity index (χ0) is 30.4. The second-order valence-electron chi connectivity index (χ2n) is 14.1. The summed E-state index contributed by atoms with van der Waals surface area (Å²) in [5, 5.41) is 7.70. The van der Waals surface area contributed by atoms with Crippen LogP contribution in [0.3, 0.4) is 0 Å². The van der Waals surface area contributed by atoms with Crippen molar-refractivity contribution >= 4 is 34.7 Å². The Balaban J connectivity index is 1.17. The molecule has 3 saturated carbocycles. The monoisotopic (exact) mass is 651 g/mol. The Morgan fingerprint density at radius 3 is 2.63 bits per heavy atom. The van der Waals surface area contributed by atoms with Crippen molar-refractivity contribution in [3.8, 4) is 0 Å². The summed E-state index contributed by atoms with van der Waals surface area (Å²) >= 11 is 3.40. The predicted molar refractivity (Wildman–Crippen MR) is 169 cm³/mol. The lowest BCUT2D eigenvalue weighted by Crippen LogP contribution is -2.65. The average Bonchev–Trinajstić information content (AvgIpc) is 3.54. The number of aromatic nitrogens is 1. The second kappa shape index (κ2) is 11.9. The number of nitrogens with one attached hydrogen (secondary N) is 1. The molecule has 5 aliphatic rings. The summed E-state index contributed by atoms with van der Waals surface area (Å²) in [4.78, 5) is 24.8. The van der Waals surface area contributed by atoms with Crippen LogP contribution in [0.15, 0.2) is 58.3 Å². The number of amides is 1. The molecule has 2 bridgehead atoms. The molecule has 1 aromatic heterocycles. The lowest BCUT2D eigenvalue weighted by Gasteiger charge is -2.64. The van der Waals surface area contributed by atoms with Gasteiger partial charge in [-0.3, -0.25) is 4.79 Å². The molecule has 2 aliphatic heterocycles. The molecule has 3 heterocycles. The summed E-state index contributed by atoms with van der Waals surface area (Å²) in [6.07, 6.45) is 3.69. The lowest BCUT2D eigenvalue weighted by molar-refractivity contribution is -0.199. The molecule has 0 radical (unpaired) electrons. The van der Waals surface area contributed by atoms with Gasteiger partial charge >= 0.3 is 7.12 Å². The van der Waals surface area contributed by atoms with Gasteiger partial charge in [0.05, 0.1) is 42.3 Å². The minimum atomic E-state index is -1.19. The van der Waals surface area contributed by atoms with E-state index in [4.69, 9.17) is 18.9 Å². The molecule has 43 heavy (non-hydrogen) atoms. The summed E-state index contributed by atoms with van der Waals surface area (Å²) in [6, 6.07) is 15.7. The van der Waals surface area contributed by atoms with Crippen LogP contribution in [0.1, 0.15) is 71.6 Å². The number of rotatable bonds is 11. The molecule has 230 valence electrons. The Kier molecular flexibility index (Phi) is 8.52. The smallest absolute Gasteiger partial charge is 0.404 e. The van der Waals surface area contributed by atoms with Crippen molar-refractivity contribution in [1.82, 2.24) is 10.3 Å². The van der Waals surface area contributed by atoms with E-state index in [9.17, 15) is 4.79 Å². The Labute approximate surface area is 263 Å². The topological polar surface area (TPSA) is 91.3 Å². The van der Waals surface area contributed by atoms with E-state index in [-0.39, 0.29) is 35.6 Å². The van der Waals surface area contributed by atoms with E-state index in [0.717, 1.165) is 28.7 Å². The van der Waals surface area contributed by atoms with Gasteiger partial charge < -0.3 is 24.2 Å². The van der Waals surface area contributed by atoms with E-state index in [2.05, 4.69) is 66.0 Å². The van der Waals surface area contributed by atoms with Gasteiger partial charge in [0.2, 0.25) is 5.60 Å². The average molecular weight is 652 g/mol. The number of benzene rings is 1. The molecule has 4 fully saturated rings. The van der Waals surface area contributed by atoms with E-state index in [1.807, 2.05) is 48.5 Å². The molecule has 1 amide bonds. The second-order valence-corrected chi connectivity index (χ2v) is 14.9. The number of carbonyl (C=O) groups is 1. The maximum atomic E-state index is 14.3. The Morgan fingerprint density at radius 1 is 1.12 bits per heavy atom. The van der Waals surface area contributed by atoms with Gasteiger partial charge in [-0.1, -0.05) is 69.2 Å². The third-order valence-electron chi connectivity index (χ3n) is 10.2. The first-order valence-electron chi connectivity index (χ1n) is 15.6. The zero-order valence-corrected chi connectivity index (χ0v) is 27.4. The number of ether oxygens (including phenoxy) is 1. The van der Waals surface area contributed by atoms with Crippen LogP contribution in [-0.2, 0) is 36.7 Å². The SMILES string of the molecule is CC(C)C[C@H](NC(=O)C1(Cc2ccccc2)CC(COCc2cccc(Br)n2)=NO1)B1O[C@@H]2C[C@@H]3C[C@@H](C3(C)C)[C@]2(C)O1. The minimum absolute atomic E-state index is 0.0497. The van der Waals surface area contributed by atoms with Crippen LogP contribution in [0.2, 0.25) is 0 Å². The molecule has 0 spiro atoms. The summed E-state index contributed by atoms with van der Waals surface area (Å²) in [5.41, 5.74) is 1.22. The highest BCUT2D eigenvalue weighted by molar-refractivity contribution is 9.10. The number of carbonyl (C=O) groups excluding carboxylic acids is 1. The van der Waals surface area contributed by atoms with Crippen molar-refractivity contribution in [2.45, 2.75) is 96.6 Å². The molecular formula is C33H43BBrN3O5. The molecule has 1 aromatic carbocycles. The third kappa shape index (κ3) is 6.05. The third-order valence-corrected chi connectivity index (χ3v) is 10.7. The molecule has 7 rings (SSSR count). The first kappa shape index (κ1) is 30.7. The van der Waals surface area contributed by atoms with Crippen molar-refractivity contribution in [3.63, 3.8) is 0 Å². The van der Waals surface area contributed by atoms with Gasteiger partial charge in [-0.2, -0.15) is 0 Å². The van der Waals surface area contributed by atoms with Gasteiger partial charge in [-0.05, 0) is 83.0 Å². The Hall–Kier alpha value is -2.27. The normalized spacial score (nSPS) is 31.2. The van der Waals surface area contributed by atoms with Crippen LogP contribution >= 0.6 is 15.9 Å². The highest BCUT2D eigenvalue weighted by Gasteiger charge is 2.68. The van der Waals surface area contributed by atoms with E-state index < -0.39 is 12.7 Å². The largest absolute Gasteiger partial charge is 0.481 e. The van der Waals surface area contributed by atoms with Gasteiger partial charge in [0.1, 0.15) is 4.60 Å². The van der Waals surface area contributed by atoms with Gasteiger partial charge in [0.15, 0.2) is 0 Å². The Morgan fingerprint density at radius 2 is 1.91 bits per heavy atom. The standard InChI is InChI=1S/C33H43BBrN3O5/c1-21(2)14-28(34-41-27-16-23-15-26(31(23,3)4)32(27,5)42-34)37-30(39)33(17-22-10-7-6-8-11-22)18-25(38-43-33)20-40-19-24-12-9-13-29(35)36-24/h6-13,21,23,26-28H,14-20H2,1-5H3,(H,37,39)/t23-,26-,27+,28-,32-,33?/m0/s1. The van der Waals surface area contributed by atoms with Crippen molar-refractivity contribution in [2.24, 2.45) is 28.3 Å². The number of oxime groups is 1. The van der Waals surface area contributed by atoms with Gasteiger partial charge in [0.25, 0.3) is 5.91 Å². The highest BCUT2D eigenvalue weighted by Crippen LogP contribution is 2.65. The fourth-order valence-corrected chi connectivity index (χ4v) is 8.15.